The predicted octanol–water partition coefficient (Wildman–Crippen LogP) is 0.0130. The van der Waals surface area contributed by atoms with Gasteiger partial charge in [-0.2, -0.15) is 0 Å². The van der Waals surface area contributed by atoms with Gasteiger partial charge in [0.2, 0.25) is 0 Å². The number of ether oxygens (including phenoxy) is 1. The summed E-state index contributed by atoms with van der Waals surface area (Å²) in [6, 6.07) is 2.45. The van der Waals surface area contributed by atoms with Crippen molar-refractivity contribution >= 4 is 17.3 Å². The molecule has 0 fully saturated rings. The fourth-order valence-electron chi connectivity index (χ4n) is 1.26. The smallest absolute Gasteiger partial charge is 0.345 e. The second kappa shape index (κ2) is 6.54. The minimum absolute atomic E-state index is 0.481. The van der Waals surface area contributed by atoms with Crippen molar-refractivity contribution in [2.24, 2.45) is 0 Å². The van der Waals surface area contributed by atoms with Crippen molar-refractivity contribution in [3.63, 3.8) is 0 Å². The molecule has 0 unspecified atom stereocenters. The lowest BCUT2D eigenvalue weighted by atomic mass is 10.1. The van der Waals surface area contributed by atoms with Crippen LogP contribution in [0.3, 0.4) is 0 Å². The average molecular weight is 286 g/mol. The van der Waals surface area contributed by atoms with Gasteiger partial charge in [0.25, 0.3) is 11.4 Å². The van der Waals surface area contributed by atoms with Gasteiger partial charge in [0.15, 0.2) is 0 Å². The van der Waals surface area contributed by atoms with Gasteiger partial charge in [0.05, 0.1) is 22.5 Å². The third-order valence-corrected chi connectivity index (χ3v) is 2.23. The molecule has 1 aromatic rings. The molecule has 0 saturated carbocycles. The Bertz CT molecular complexity index is 544. The van der Waals surface area contributed by atoms with Gasteiger partial charge in [-0.3, -0.25) is 20.2 Å². The summed E-state index contributed by atoms with van der Waals surface area (Å²) >= 11 is 0. The summed E-state index contributed by atoms with van der Waals surface area (Å²) in [6.45, 7) is -1.20. The number of non-ortho nitro benzene ring substituents is 1. The number of aliphatic hydroxyl groups is 2. The van der Waals surface area contributed by atoms with E-state index in [1.54, 1.807) is 0 Å². The third kappa shape index (κ3) is 3.70. The van der Waals surface area contributed by atoms with E-state index in [2.05, 4.69) is 4.74 Å². The van der Waals surface area contributed by atoms with Gasteiger partial charge < -0.3 is 14.9 Å². The molecule has 0 bridgehead atoms. The first-order valence-electron chi connectivity index (χ1n) is 5.25. The van der Waals surface area contributed by atoms with Gasteiger partial charge in [-0.05, 0) is 6.07 Å². The molecule has 0 heterocycles. The first-order chi connectivity index (χ1) is 9.36. The van der Waals surface area contributed by atoms with Gasteiger partial charge in [0, 0.05) is 6.07 Å². The van der Waals surface area contributed by atoms with E-state index < -0.39 is 52.1 Å². The first kappa shape index (κ1) is 15.5. The summed E-state index contributed by atoms with van der Waals surface area (Å²) in [7, 11) is 0. The third-order valence-electron chi connectivity index (χ3n) is 2.23. The normalized spacial score (nSPS) is 11.7. The first-order valence-corrected chi connectivity index (χ1v) is 5.25. The minimum atomic E-state index is -1.31. The summed E-state index contributed by atoms with van der Waals surface area (Å²) in [5.74, 6) is -1.13. The van der Waals surface area contributed by atoms with Crippen LogP contribution in [0.15, 0.2) is 18.2 Å². The van der Waals surface area contributed by atoms with Crippen molar-refractivity contribution < 1.29 is 29.6 Å². The summed E-state index contributed by atoms with van der Waals surface area (Å²) < 4.78 is 4.55. The Morgan fingerprint density at radius 3 is 2.45 bits per heavy atom. The zero-order chi connectivity index (χ0) is 15.3. The predicted molar refractivity (Wildman–Crippen MR) is 63.1 cm³/mol. The van der Waals surface area contributed by atoms with Crippen LogP contribution in [0.5, 0.6) is 0 Å². The van der Waals surface area contributed by atoms with Gasteiger partial charge in [-0.25, -0.2) is 4.79 Å². The van der Waals surface area contributed by atoms with Crippen LogP contribution in [0.25, 0.3) is 0 Å². The molecule has 0 amide bonds. The Kier molecular flexibility index (Phi) is 5.06. The Hall–Kier alpha value is -2.59. The standard InChI is InChI=1S/C10H10N2O8/c13-4-7(14)5-20-10(15)8-2-1-6(11(16)17)3-9(8)12(18)19/h1-3,7,13-14H,4-5H2/t7-/m0/s1. The van der Waals surface area contributed by atoms with Gasteiger partial charge in [0.1, 0.15) is 18.3 Å². The summed E-state index contributed by atoms with van der Waals surface area (Å²) in [5, 5.41) is 38.8. The molecule has 0 saturated heterocycles. The van der Waals surface area contributed by atoms with E-state index in [9.17, 15) is 25.0 Å². The van der Waals surface area contributed by atoms with E-state index in [1.165, 1.54) is 0 Å². The van der Waals surface area contributed by atoms with Crippen LogP contribution in [-0.4, -0.2) is 45.3 Å². The Morgan fingerprint density at radius 1 is 1.30 bits per heavy atom. The van der Waals surface area contributed by atoms with Crippen molar-refractivity contribution in [1.82, 2.24) is 0 Å². The lowest BCUT2D eigenvalue weighted by Crippen LogP contribution is -2.22. The zero-order valence-electron chi connectivity index (χ0n) is 9.96. The zero-order valence-corrected chi connectivity index (χ0v) is 9.96. The van der Waals surface area contributed by atoms with E-state index in [1.807, 2.05) is 0 Å². The Labute approximate surface area is 111 Å². The molecule has 1 aromatic carbocycles. The fraction of sp³-hybridized carbons (Fsp3) is 0.300. The molecule has 20 heavy (non-hydrogen) atoms. The maximum absolute atomic E-state index is 11.6. The van der Waals surface area contributed by atoms with Gasteiger partial charge >= 0.3 is 5.97 Å². The van der Waals surface area contributed by atoms with Crippen molar-refractivity contribution in [1.29, 1.82) is 0 Å². The Balaban J connectivity index is 3.02. The van der Waals surface area contributed by atoms with E-state index in [0.717, 1.165) is 12.1 Å². The number of carbonyl (C=O) groups excluding carboxylic acids is 1. The van der Waals surface area contributed by atoms with Gasteiger partial charge in [-0.1, -0.05) is 0 Å². The van der Waals surface area contributed by atoms with E-state index in [4.69, 9.17) is 10.2 Å². The highest BCUT2D eigenvalue weighted by Crippen LogP contribution is 2.25. The molecule has 10 nitrogen and oxygen atoms in total. The topological polar surface area (TPSA) is 153 Å². The van der Waals surface area contributed by atoms with Crippen molar-refractivity contribution in [3.05, 3.63) is 44.0 Å². The van der Waals surface area contributed by atoms with Crippen LogP contribution in [-0.2, 0) is 4.74 Å². The number of nitro groups is 2. The second-order valence-corrected chi connectivity index (χ2v) is 3.65. The molecule has 2 N–H and O–H groups in total. The Morgan fingerprint density at radius 2 is 1.95 bits per heavy atom. The number of benzene rings is 1. The lowest BCUT2D eigenvalue weighted by Gasteiger charge is -2.08. The largest absolute Gasteiger partial charge is 0.459 e. The number of nitro benzene ring substituents is 2. The number of carbonyl (C=O) groups is 1. The molecule has 0 aliphatic heterocycles. The molecule has 0 aromatic heterocycles. The molecule has 10 heteroatoms. The molecule has 0 spiro atoms. The monoisotopic (exact) mass is 286 g/mol. The van der Waals surface area contributed by atoms with Crippen LogP contribution < -0.4 is 0 Å². The van der Waals surface area contributed by atoms with Crippen LogP contribution in [0, 0.1) is 20.2 Å². The van der Waals surface area contributed by atoms with Crippen LogP contribution >= 0.6 is 0 Å². The summed E-state index contributed by atoms with van der Waals surface area (Å²) in [6.07, 6.45) is -1.31. The highest BCUT2D eigenvalue weighted by Gasteiger charge is 2.25. The van der Waals surface area contributed by atoms with E-state index in [0.29, 0.717) is 6.07 Å². The van der Waals surface area contributed by atoms with Crippen LogP contribution in [0.2, 0.25) is 0 Å². The molecule has 1 atom stereocenters. The summed E-state index contributed by atoms with van der Waals surface area (Å²) in [4.78, 5) is 31.1. The van der Waals surface area contributed by atoms with Crippen molar-refractivity contribution in [3.8, 4) is 0 Å². The maximum Gasteiger partial charge on any atom is 0.345 e. The second-order valence-electron chi connectivity index (χ2n) is 3.65. The van der Waals surface area contributed by atoms with Crippen molar-refractivity contribution in [2.45, 2.75) is 6.10 Å². The number of aliphatic hydroxyl groups excluding tert-OH is 2. The fourth-order valence-corrected chi connectivity index (χ4v) is 1.26. The molecule has 0 aliphatic carbocycles. The average Bonchev–Trinajstić information content (AvgIpc) is 2.43. The SMILES string of the molecule is O=C(OC[C@@H](O)CO)c1ccc([N+](=O)[O-])cc1[N+](=O)[O-]. The van der Waals surface area contributed by atoms with Gasteiger partial charge in [-0.15, -0.1) is 0 Å². The highest BCUT2D eigenvalue weighted by atomic mass is 16.6. The lowest BCUT2D eigenvalue weighted by molar-refractivity contribution is -0.394. The van der Waals surface area contributed by atoms with Crippen LogP contribution in [0.4, 0.5) is 11.4 Å². The number of rotatable bonds is 6. The molecular weight excluding hydrogens is 276 g/mol. The number of esters is 1. The molecule has 108 valence electrons. The quantitative estimate of drug-likeness (QED) is 0.421. The molecule has 0 radical (unpaired) electrons. The molecule has 1 rings (SSSR count). The van der Waals surface area contributed by atoms with E-state index >= 15 is 0 Å². The molecular formula is C10H10N2O8. The maximum atomic E-state index is 11.6. The van der Waals surface area contributed by atoms with E-state index in [-0.39, 0.29) is 0 Å². The highest BCUT2D eigenvalue weighted by molar-refractivity contribution is 5.94. The summed E-state index contributed by atoms with van der Waals surface area (Å²) in [5.41, 5.74) is -1.79. The van der Waals surface area contributed by atoms with Crippen molar-refractivity contribution in [2.75, 3.05) is 13.2 Å². The minimum Gasteiger partial charge on any atom is -0.459 e. The molecule has 0 aliphatic rings. The van der Waals surface area contributed by atoms with Crippen LogP contribution in [0.1, 0.15) is 10.4 Å². The number of nitrogens with zero attached hydrogens (tertiary/aromatic N) is 2. The number of hydrogen-bond donors (Lipinski definition) is 2. The number of hydrogen-bond acceptors (Lipinski definition) is 8.